The minimum absolute atomic E-state index is 0.611. The van der Waals surface area contributed by atoms with E-state index >= 15 is 0 Å². The molecule has 0 bridgehead atoms. The van der Waals surface area contributed by atoms with Crippen LogP contribution in [0.2, 0.25) is 0 Å². The summed E-state index contributed by atoms with van der Waals surface area (Å²) < 4.78 is 0. The largest absolute Gasteiger partial charge is 0.296 e. The summed E-state index contributed by atoms with van der Waals surface area (Å²) in [6.07, 6.45) is 8.48. The summed E-state index contributed by atoms with van der Waals surface area (Å²) in [6, 6.07) is 11.6. The van der Waals surface area contributed by atoms with Gasteiger partial charge in [-0.25, -0.2) is 0 Å². The van der Waals surface area contributed by atoms with E-state index in [0.29, 0.717) is 6.04 Å². The second-order valence-electron chi connectivity index (χ2n) is 5.86. The summed E-state index contributed by atoms with van der Waals surface area (Å²) in [4.78, 5) is 7.11. The van der Waals surface area contributed by atoms with E-state index < -0.39 is 0 Å². The van der Waals surface area contributed by atoms with Crippen molar-refractivity contribution in [3.8, 4) is 0 Å². The molecule has 2 nitrogen and oxygen atoms in total. The Labute approximate surface area is 121 Å². The van der Waals surface area contributed by atoms with Crippen LogP contribution in [0.15, 0.2) is 36.5 Å². The van der Waals surface area contributed by atoms with Crippen molar-refractivity contribution in [3.05, 3.63) is 42.1 Å². The minimum Gasteiger partial charge on any atom is -0.296 e. The first kappa shape index (κ1) is 13.6. The summed E-state index contributed by atoms with van der Waals surface area (Å²) in [5, 5.41) is 1.27. The Morgan fingerprint density at radius 3 is 3.10 bits per heavy atom. The van der Waals surface area contributed by atoms with Crippen LogP contribution in [-0.2, 0) is 0 Å². The van der Waals surface area contributed by atoms with Crippen LogP contribution in [0.25, 0.3) is 10.9 Å². The molecule has 106 valence electrons. The van der Waals surface area contributed by atoms with Gasteiger partial charge in [-0.15, -0.1) is 0 Å². The Kier molecular flexibility index (Phi) is 4.31. The van der Waals surface area contributed by atoms with E-state index in [2.05, 4.69) is 41.1 Å². The van der Waals surface area contributed by atoms with Gasteiger partial charge in [0.2, 0.25) is 0 Å². The maximum absolute atomic E-state index is 4.42. The average molecular weight is 268 g/mol. The summed E-state index contributed by atoms with van der Waals surface area (Å²) in [5.41, 5.74) is 2.58. The average Bonchev–Trinajstić information content (AvgIpc) is 2.53. The fourth-order valence-electron chi connectivity index (χ4n) is 3.30. The second-order valence-corrected chi connectivity index (χ2v) is 5.86. The van der Waals surface area contributed by atoms with Crippen molar-refractivity contribution in [2.24, 2.45) is 0 Å². The Bertz CT molecular complexity index is 564. The molecule has 1 aromatic carbocycles. The molecule has 0 amide bonds. The van der Waals surface area contributed by atoms with Crippen molar-refractivity contribution >= 4 is 10.9 Å². The van der Waals surface area contributed by atoms with Gasteiger partial charge < -0.3 is 0 Å². The normalized spacial score (nSPS) is 20.4. The third-order valence-electron chi connectivity index (χ3n) is 4.42. The molecular weight excluding hydrogens is 244 g/mol. The molecule has 0 N–H and O–H groups in total. The van der Waals surface area contributed by atoms with E-state index in [1.165, 1.54) is 56.1 Å². The number of likely N-dealkylation sites (tertiary alicyclic amines) is 1. The van der Waals surface area contributed by atoms with E-state index in [-0.39, 0.29) is 0 Å². The summed E-state index contributed by atoms with van der Waals surface area (Å²) in [6.45, 7) is 4.78. The van der Waals surface area contributed by atoms with E-state index in [9.17, 15) is 0 Å². The minimum atomic E-state index is 0.611. The first-order chi connectivity index (χ1) is 9.88. The molecule has 3 rings (SSSR count). The molecule has 1 atom stereocenters. The lowest BCUT2D eigenvalue weighted by molar-refractivity contribution is 0.147. The fourth-order valence-corrected chi connectivity index (χ4v) is 3.30. The molecule has 0 radical (unpaired) electrons. The molecule has 1 aliphatic heterocycles. The predicted octanol–water partition coefficient (Wildman–Crippen LogP) is 4.56. The zero-order valence-corrected chi connectivity index (χ0v) is 12.4. The van der Waals surface area contributed by atoms with Crippen LogP contribution in [0.5, 0.6) is 0 Å². The summed E-state index contributed by atoms with van der Waals surface area (Å²) >= 11 is 0. The standard InChI is InChI=1S/C18H24N2/c1-2-3-12-20-13-5-4-8-18(20)16-9-10-17-15(14-16)7-6-11-19-17/h6-7,9-11,14,18H,2-5,8,12-13H2,1H3. The van der Waals surface area contributed by atoms with Gasteiger partial charge in [-0.2, -0.15) is 0 Å². The molecule has 2 heterocycles. The number of aromatic nitrogens is 1. The number of rotatable bonds is 4. The zero-order chi connectivity index (χ0) is 13.8. The van der Waals surface area contributed by atoms with E-state index in [0.717, 1.165) is 5.52 Å². The zero-order valence-electron chi connectivity index (χ0n) is 12.4. The first-order valence-corrected chi connectivity index (χ1v) is 7.97. The van der Waals surface area contributed by atoms with Crippen molar-refractivity contribution in [2.45, 2.75) is 45.1 Å². The summed E-state index contributed by atoms with van der Waals surface area (Å²) in [7, 11) is 0. The van der Waals surface area contributed by atoms with Gasteiger partial charge in [0.05, 0.1) is 5.52 Å². The van der Waals surface area contributed by atoms with Gasteiger partial charge in [0.25, 0.3) is 0 Å². The lowest BCUT2D eigenvalue weighted by Gasteiger charge is -2.36. The molecule has 2 aromatic rings. The molecule has 20 heavy (non-hydrogen) atoms. The van der Waals surface area contributed by atoms with Crippen molar-refractivity contribution in [1.82, 2.24) is 9.88 Å². The number of unbranched alkanes of at least 4 members (excludes halogenated alkanes) is 1. The summed E-state index contributed by atoms with van der Waals surface area (Å²) in [5.74, 6) is 0. The van der Waals surface area contributed by atoms with Gasteiger partial charge in [-0.3, -0.25) is 9.88 Å². The maximum Gasteiger partial charge on any atom is 0.0702 e. The highest BCUT2D eigenvalue weighted by Gasteiger charge is 2.23. The van der Waals surface area contributed by atoms with Crippen LogP contribution in [-0.4, -0.2) is 23.0 Å². The number of nitrogens with zero attached hydrogens (tertiary/aromatic N) is 2. The second kappa shape index (κ2) is 6.36. The number of benzene rings is 1. The number of piperidine rings is 1. The molecule has 1 saturated heterocycles. The third kappa shape index (κ3) is 2.85. The van der Waals surface area contributed by atoms with Crippen LogP contribution in [0.1, 0.15) is 50.6 Å². The molecule has 0 aliphatic carbocycles. The Morgan fingerprint density at radius 1 is 1.25 bits per heavy atom. The molecule has 1 aliphatic rings. The molecular formula is C18H24N2. The Morgan fingerprint density at radius 2 is 2.20 bits per heavy atom. The van der Waals surface area contributed by atoms with Gasteiger partial charge in [0, 0.05) is 17.6 Å². The SMILES string of the molecule is CCCCN1CCCCC1c1ccc2ncccc2c1. The number of hydrogen-bond acceptors (Lipinski definition) is 2. The van der Waals surface area contributed by atoms with Crippen LogP contribution < -0.4 is 0 Å². The number of pyridine rings is 1. The first-order valence-electron chi connectivity index (χ1n) is 7.97. The smallest absolute Gasteiger partial charge is 0.0702 e. The van der Waals surface area contributed by atoms with Crippen LogP contribution in [0.4, 0.5) is 0 Å². The predicted molar refractivity (Wildman–Crippen MR) is 84.8 cm³/mol. The molecule has 1 fully saturated rings. The lowest BCUT2D eigenvalue weighted by atomic mass is 9.94. The van der Waals surface area contributed by atoms with Gasteiger partial charge >= 0.3 is 0 Å². The highest BCUT2D eigenvalue weighted by Crippen LogP contribution is 2.32. The van der Waals surface area contributed by atoms with Crippen LogP contribution in [0, 0.1) is 0 Å². The Balaban J connectivity index is 1.86. The van der Waals surface area contributed by atoms with Crippen molar-refractivity contribution in [2.75, 3.05) is 13.1 Å². The lowest BCUT2D eigenvalue weighted by Crippen LogP contribution is -2.34. The highest BCUT2D eigenvalue weighted by molar-refractivity contribution is 5.79. The van der Waals surface area contributed by atoms with Crippen molar-refractivity contribution < 1.29 is 0 Å². The topological polar surface area (TPSA) is 16.1 Å². The van der Waals surface area contributed by atoms with Crippen molar-refractivity contribution in [3.63, 3.8) is 0 Å². The highest BCUT2D eigenvalue weighted by atomic mass is 15.2. The van der Waals surface area contributed by atoms with E-state index in [4.69, 9.17) is 0 Å². The van der Waals surface area contributed by atoms with E-state index in [1.807, 2.05) is 12.3 Å². The molecule has 1 unspecified atom stereocenters. The maximum atomic E-state index is 4.42. The molecule has 2 heteroatoms. The number of hydrogen-bond donors (Lipinski definition) is 0. The molecule has 0 spiro atoms. The van der Waals surface area contributed by atoms with Gasteiger partial charge in [-0.05, 0) is 56.1 Å². The van der Waals surface area contributed by atoms with Crippen LogP contribution in [0.3, 0.4) is 0 Å². The van der Waals surface area contributed by atoms with Gasteiger partial charge in [-0.1, -0.05) is 31.9 Å². The Hall–Kier alpha value is -1.41. The van der Waals surface area contributed by atoms with Gasteiger partial charge in [0.1, 0.15) is 0 Å². The molecule has 0 saturated carbocycles. The fraction of sp³-hybridized carbons (Fsp3) is 0.500. The monoisotopic (exact) mass is 268 g/mol. The van der Waals surface area contributed by atoms with Crippen LogP contribution >= 0.6 is 0 Å². The quantitative estimate of drug-likeness (QED) is 0.808. The number of fused-ring (bicyclic) bond motifs is 1. The molecule has 1 aromatic heterocycles. The van der Waals surface area contributed by atoms with E-state index in [1.54, 1.807) is 0 Å². The third-order valence-corrected chi connectivity index (χ3v) is 4.42. The van der Waals surface area contributed by atoms with Crippen molar-refractivity contribution in [1.29, 1.82) is 0 Å². The van der Waals surface area contributed by atoms with Gasteiger partial charge in [0.15, 0.2) is 0 Å².